The minimum absolute atomic E-state index is 0.0171. The van der Waals surface area contributed by atoms with Crippen molar-refractivity contribution in [3.05, 3.63) is 65.7 Å². The predicted molar refractivity (Wildman–Crippen MR) is 116 cm³/mol. The van der Waals surface area contributed by atoms with E-state index in [2.05, 4.69) is 0 Å². The molecule has 2 amide bonds. The van der Waals surface area contributed by atoms with Crippen LogP contribution in [0.15, 0.2) is 54.6 Å². The highest BCUT2D eigenvalue weighted by atomic mass is 16.5. The summed E-state index contributed by atoms with van der Waals surface area (Å²) >= 11 is 0. The van der Waals surface area contributed by atoms with Crippen molar-refractivity contribution in [2.45, 2.75) is 57.2 Å². The maximum atomic E-state index is 13.7. The van der Waals surface area contributed by atoms with Crippen molar-refractivity contribution in [1.29, 1.82) is 0 Å². The average Bonchev–Trinajstić information content (AvgIpc) is 3.07. The summed E-state index contributed by atoms with van der Waals surface area (Å²) in [5.41, 5.74) is 1.86. The summed E-state index contributed by atoms with van der Waals surface area (Å²) in [6.45, 7) is 0.615. The van der Waals surface area contributed by atoms with Crippen LogP contribution < -0.4 is 4.74 Å². The lowest BCUT2D eigenvalue weighted by molar-refractivity contribution is -0.159. The summed E-state index contributed by atoms with van der Waals surface area (Å²) in [5.74, 6) is 0.801. The molecule has 1 atom stereocenters. The molecule has 5 nitrogen and oxygen atoms in total. The molecule has 30 heavy (non-hydrogen) atoms. The van der Waals surface area contributed by atoms with Crippen molar-refractivity contribution in [2.75, 3.05) is 13.7 Å². The van der Waals surface area contributed by atoms with Crippen molar-refractivity contribution in [2.24, 2.45) is 0 Å². The monoisotopic (exact) mass is 406 g/mol. The summed E-state index contributed by atoms with van der Waals surface area (Å²) in [4.78, 5) is 30.6. The number of carbonyl (C=O) groups excluding carboxylic acids is 2. The molecule has 1 heterocycles. The van der Waals surface area contributed by atoms with Crippen LogP contribution in [0.4, 0.5) is 0 Å². The van der Waals surface area contributed by atoms with Crippen molar-refractivity contribution in [3.8, 4) is 5.75 Å². The smallest absolute Gasteiger partial charge is 0.250 e. The van der Waals surface area contributed by atoms with E-state index in [0.717, 1.165) is 42.6 Å². The van der Waals surface area contributed by atoms with Crippen molar-refractivity contribution in [3.63, 3.8) is 0 Å². The number of piperazine rings is 1. The molecule has 1 aliphatic heterocycles. The first-order valence-corrected chi connectivity index (χ1v) is 10.9. The summed E-state index contributed by atoms with van der Waals surface area (Å²) < 4.78 is 5.28. The number of amides is 2. The molecule has 2 aliphatic rings. The van der Waals surface area contributed by atoms with Gasteiger partial charge in [0.05, 0.1) is 7.11 Å². The quantitative estimate of drug-likeness (QED) is 0.695. The zero-order valence-electron chi connectivity index (χ0n) is 17.6. The van der Waals surface area contributed by atoms with E-state index < -0.39 is 6.04 Å². The number of carbonyl (C=O) groups is 2. The van der Waals surface area contributed by atoms with Crippen LogP contribution in [0.5, 0.6) is 5.75 Å². The molecule has 0 spiro atoms. The van der Waals surface area contributed by atoms with Crippen molar-refractivity contribution < 1.29 is 14.3 Å². The minimum atomic E-state index is -0.597. The van der Waals surface area contributed by atoms with Gasteiger partial charge >= 0.3 is 0 Å². The van der Waals surface area contributed by atoms with Gasteiger partial charge in [-0.25, -0.2) is 0 Å². The van der Waals surface area contributed by atoms with Gasteiger partial charge in [-0.3, -0.25) is 9.59 Å². The molecule has 1 unspecified atom stereocenters. The Hall–Kier alpha value is -2.82. The molecule has 0 radical (unpaired) electrons. The van der Waals surface area contributed by atoms with Crippen LogP contribution in [-0.2, 0) is 16.1 Å². The van der Waals surface area contributed by atoms with Gasteiger partial charge in [-0.1, -0.05) is 68.1 Å². The summed E-state index contributed by atoms with van der Waals surface area (Å²) in [6, 6.07) is 17.0. The molecule has 0 N–H and O–H groups in total. The number of benzene rings is 2. The van der Waals surface area contributed by atoms with Crippen molar-refractivity contribution in [1.82, 2.24) is 9.80 Å². The second-order valence-electron chi connectivity index (χ2n) is 8.29. The van der Waals surface area contributed by atoms with Gasteiger partial charge in [-0.15, -0.1) is 0 Å². The zero-order valence-corrected chi connectivity index (χ0v) is 17.6. The van der Waals surface area contributed by atoms with Crippen molar-refractivity contribution >= 4 is 11.8 Å². The SMILES string of the molecule is COc1ccc(C2C(=O)N(C3CCCCCC3)CC(=O)N2Cc2ccccc2)cc1. The lowest BCUT2D eigenvalue weighted by Crippen LogP contribution is -2.57. The number of hydrogen-bond acceptors (Lipinski definition) is 3. The van der Waals surface area contributed by atoms with Gasteiger partial charge in [-0.2, -0.15) is 0 Å². The molecule has 0 bridgehead atoms. The van der Waals surface area contributed by atoms with Crippen LogP contribution in [-0.4, -0.2) is 41.3 Å². The average molecular weight is 407 g/mol. The fraction of sp³-hybridized carbons (Fsp3) is 0.440. The Balaban J connectivity index is 1.66. The Kier molecular flexibility index (Phi) is 6.36. The van der Waals surface area contributed by atoms with E-state index in [-0.39, 0.29) is 24.4 Å². The second kappa shape index (κ2) is 9.33. The lowest BCUT2D eigenvalue weighted by Gasteiger charge is -2.43. The summed E-state index contributed by atoms with van der Waals surface area (Å²) in [7, 11) is 1.62. The van der Waals surface area contributed by atoms with E-state index in [9.17, 15) is 9.59 Å². The van der Waals surface area contributed by atoms with Crippen LogP contribution >= 0.6 is 0 Å². The third-order valence-electron chi connectivity index (χ3n) is 6.35. The third kappa shape index (κ3) is 4.35. The van der Waals surface area contributed by atoms with E-state index >= 15 is 0 Å². The maximum Gasteiger partial charge on any atom is 0.250 e. The molecule has 5 heteroatoms. The van der Waals surface area contributed by atoms with Crippen LogP contribution in [0.2, 0.25) is 0 Å². The van der Waals surface area contributed by atoms with E-state index in [0.29, 0.717) is 6.54 Å². The maximum absolute atomic E-state index is 13.7. The summed E-state index contributed by atoms with van der Waals surface area (Å²) in [5, 5.41) is 0. The Labute approximate surface area is 178 Å². The standard InChI is InChI=1S/C25H30N2O3/c1-30-22-15-13-20(14-16-22)24-25(29)26(21-11-7-2-3-8-12-21)18-23(28)27(24)17-19-9-5-4-6-10-19/h4-6,9-10,13-16,21,24H,2-3,7-8,11-12,17-18H2,1H3. The minimum Gasteiger partial charge on any atom is -0.497 e. The topological polar surface area (TPSA) is 49.9 Å². The largest absolute Gasteiger partial charge is 0.497 e. The van der Waals surface area contributed by atoms with Crippen LogP contribution in [0.1, 0.15) is 55.7 Å². The molecule has 2 aromatic carbocycles. The normalized spacial score (nSPS) is 20.9. The van der Waals surface area contributed by atoms with E-state index in [1.807, 2.05) is 59.5 Å². The fourth-order valence-corrected chi connectivity index (χ4v) is 4.70. The molecular formula is C25H30N2O3. The Morgan fingerprint density at radius 1 is 0.900 bits per heavy atom. The number of nitrogens with zero attached hydrogens (tertiary/aromatic N) is 2. The molecule has 4 rings (SSSR count). The Morgan fingerprint density at radius 3 is 2.20 bits per heavy atom. The molecule has 1 aliphatic carbocycles. The molecule has 2 aromatic rings. The van der Waals surface area contributed by atoms with Gasteiger partial charge in [-0.05, 0) is 36.1 Å². The predicted octanol–water partition coefficient (Wildman–Crippen LogP) is 4.33. The number of methoxy groups -OCH3 is 1. The van der Waals surface area contributed by atoms with Crippen LogP contribution in [0.25, 0.3) is 0 Å². The second-order valence-corrected chi connectivity index (χ2v) is 8.29. The highest BCUT2D eigenvalue weighted by molar-refractivity contribution is 5.95. The molecule has 1 saturated carbocycles. The Morgan fingerprint density at radius 2 is 1.57 bits per heavy atom. The van der Waals surface area contributed by atoms with E-state index in [1.165, 1.54) is 12.8 Å². The number of ether oxygens (including phenoxy) is 1. The van der Waals surface area contributed by atoms with Gasteiger partial charge in [0.25, 0.3) is 5.91 Å². The molecular weight excluding hydrogens is 376 g/mol. The van der Waals surface area contributed by atoms with Crippen LogP contribution in [0, 0.1) is 0 Å². The highest BCUT2D eigenvalue weighted by Crippen LogP contribution is 2.33. The van der Waals surface area contributed by atoms with Gasteiger partial charge in [0, 0.05) is 12.6 Å². The van der Waals surface area contributed by atoms with Gasteiger partial charge < -0.3 is 14.5 Å². The van der Waals surface area contributed by atoms with E-state index in [1.54, 1.807) is 12.0 Å². The van der Waals surface area contributed by atoms with Crippen LogP contribution in [0.3, 0.4) is 0 Å². The first kappa shape index (κ1) is 20.5. The van der Waals surface area contributed by atoms with Gasteiger partial charge in [0.1, 0.15) is 18.3 Å². The fourth-order valence-electron chi connectivity index (χ4n) is 4.70. The number of rotatable bonds is 5. The van der Waals surface area contributed by atoms with Gasteiger partial charge in [0.2, 0.25) is 5.91 Å². The zero-order chi connectivity index (χ0) is 20.9. The first-order chi connectivity index (χ1) is 14.7. The van der Waals surface area contributed by atoms with Gasteiger partial charge in [0.15, 0.2) is 0 Å². The Bertz CT molecular complexity index is 858. The molecule has 0 aromatic heterocycles. The first-order valence-electron chi connectivity index (χ1n) is 10.9. The highest BCUT2D eigenvalue weighted by Gasteiger charge is 2.42. The molecule has 158 valence electrons. The lowest BCUT2D eigenvalue weighted by atomic mass is 9.97. The number of hydrogen-bond donors (Lipinski definition) is 0. The van der Waals surface area contributed by atoms with E-state index in [4.69, 9.17) is 4.74 Å². The molecule has 1 saturated heterocycles. The third-order valence-corrected chi connectivity index (χ3v) is 6.35. The summed E-state index contributed by atoms with van der Waals surface area (Å²) in [6.07, 6.45) is 6.68. The molecule has 2 fully saturated rings.